The van der Waals surface area contributed by atoms with Crippen molar-refractivity contribution in [3.05, 3.63) is 10.2 Å². The largest absolute Gasteiger partial charge is 0.414 e. The molecule has 4 atom stereocenters. The summed E-state index contributed by atoms with van der Waals surface area (Å²) >= 11 is 2.23. The highest BCUT2D eigenvalue weighted by Gasteiger charge is 2.55. The van der Waals surface area contributed by atoms with E-state index in [0.717, 1.165) is 3.83 Å². The maximum Gasteiger partial charge on any atom is 0.192 e. The molecule has 1 saturated heterocycles. The zero-order chi connectivity index (χ0) is 31.6. The van der Waals surface area contributed by atoms with Crippen molar-refractivity contribution < 1.29 is 18.0 Å². The number of ether oxygens (including phenoxy) is 1. The second-order valence-electron chi connectivity index (χ2n) is 16.0. The van der Waals surface area contributed by atoms with Crippen LogP contribution in [0, 0.1) is 3.83 Å². The number of nitrogen functional groups attached to an aromatic ring is 1. The monoisotopic (exact) mass is 735 g/mol. The Kier molecular flexibility index (Phi) is 9.83. The first-order valence-corrected chi connectivity index (χ1v) is 24.4. The summed E-state index contributed by atoms with van der Waals surface area (Å²) in [4.78, 5) is 13.5. The molecule has 3 rings (SSSR count). The Hall–Kier alpha value is -0.429. The van der Waals surface area contributed by atoms with Gasteiger partial charge in [-0.05, 0) is 54.4 Å². The number of hydrogen-bond acceptors (Lipinski definition) is 8. The number of nitrogens with two attached hydrogens (primary N) is 1. The number of rotatable bonds is 8. The first-order chi connectivity index (χ1) is 18.3. The molecule has 0 bridgehead atoms. The summed E-state index contributed by atoms with van der Waals surface area (Å²) in [6.45, 7) is 34.5. The average molecular weight is 736 g/mol. The molecule has 1 fully saturated rings. The van der Waals surface area contributed by atoms with E-state index in [4.69, 9.17) is 28.7 Å². The highest BCUT2D eigenvalue weighted by Crippen LogP contribution is 2.47. The van der Waals surface area contributed by atoms with Crippen LogP contribution in [-0.2, 0) is 18.0 Å². The number of hydrogen-bond donors (Lipinski definition) is 1. The van der Waals surface area contributed by atoms with E-state index in [1.54, 1.807) is 0 Å². The second-order valence-corrected chi connectivity index (χ2v) is 31.3. The van der Waals surface area contributed by atoms with Gasteiger partial charge in [-0.15, -0.1) is 0 Å². The zero-order valence-corrected chi connectivity index (χ0v) is 33.1. The van der Waals surface area contributed by atoms with E-state index in [-0.39, 0.29) is 33.4 Å². The van der Waals surface area contributed by atoms with Crippen molar-refractivity contribution in [3.63, 3.8) is 0 Å². The standard InChI is InChI=1S/C28H54IN5O4Si3/c1-26(2,3)39(10,11)35-16-18-20(37-40(12,13)27(4,5)6)21(38-41(14,15)28(7,8)9)24(36-18)34-23-19(33-25(34)29)22(30)31-17-32-23/h17-18,20-21,24H,16H2,1-15H3,(H2,30,31,32)/t18-,20-,21-,24-/m1/s1. The first-order valence-electron chi connectivity index (χ1n) is 14.6. The van der Waals surface area contributed by atoms with Crippen LogP contribution in [0.25, 0.3) is 11.2 Å². The number of anilines is 1. The van der Waals surface area contributed by atoms with Crippen LogP contribution in [-0.4, -0.2) is 69.4 Å². The molecule has 2 aromatic rings. The van der Waals surface area contributed by atoms with Gasteiger partial charge in [-0.1, -0.05) is 62.3 Å². The Bertz CT molecular complexity index is 1230. The number of aromatic nitrogens is 4. The lowest BCUT2D eigenvalue weighted by Gasteiger charge is -2.44. The minimum atomic E-state index is -2.27. The second kappa shape index (κ2) is 11.5. The predicted octanol–water partition coefficient (Wildman–Crippen LogP) is 7.71. The fraction of sp³-hybridized carbons (Fsp3) is 0.821. The third kappa shape index (κ3) is 7.12. The molecule has 2 N–H and O–H groups in total. The topological polar surface area (TPSA) is 107 Å². The molecule has 0 spiro atoms. The van der Waals surface area contributed by atoms with Crippen molar-refractivity contribution in [2.75, 3.05) is 12.3 Å². The van der Waals surface area contributed by atoms with Crippen LogP contribution in [0.5, 0.6) is 0 Å². The molecule has 1 aliphatic heterocycles. The van der Waals surface area contributed by atoms with Gasteiger partial charge < -0.3 is 23.7 Å². The van der Waals surface area contributed by atoms with E-state index in [0.29, 0.717) is 23.6 Å². The van der Waals surface area contributed by atoms with Crippen LogP contribution in [0.2, 0.25) is 54.4 Å². The normalized spacial score (nSPS) is 23.5. The highest BCUT2D eigenvalue weighted by molar-refractivity contribution is 14.1. The zero-order valence-electron chi connectivity index (χ0n) is 28.0. The molecule has 0 aromatic carbocycles. The Labute approximate surface area is 264 Å². The van der Waals surface area contributed by atoms with Gasteiger partial charge in [0.2, 0.25) is 0 Å². The molecular weight excluding hydrogens is 682 g/mol. The summed E-state index contributed by atoms with van der Waals surface area (Å²) in [6, 6.07) is 0. The van der Waals surface area contributed by atoms with Crippen LogP contribution < -0.4 is 5.73 Å². The lowest BCUT2D eigenvalue weighted by Crippen LogP contribution is -2.54. The Balaban J connectivity index is 2.20. The molecule has 13 heteroatoms. The Morgan fingerprint density at radius 3 is 1.80 bits per heavy atom. The molecule has 0 amide bonds. The average Bonchev–Trinajstić information content (AvgIpc) is 3.27. The van der Waals surface area contributed by atoms with Gasteiger partial charge in [-0.3, -0.25) is 4.57 Å². The fourth-order valence-corrected chi connectivity index (χ4v) is 8.35. The van der Waals surface area contributed by atoms with E-state index in [1.807, 2.05) is 4.57 Å². The highest BCUT2D eigenvalue weighted by atomic mass is 127. The van der Waals surface area contributed by atoms with Crippen LogP contribution in [0.15, 0.2) is 6.33 Å². The Morgan fingerprint density at radius 2 is 1.32 bits per heavy atom. The van der Waals surface area contributed by atoms with Crippen molar-refractivity contribution in [2.24, 2.45) is 0 Å². The minimum Gasteiger partial charge on any atom is -0.414 e. The summed E-state index contributed by atoms with van der Waals surface area (Å²) in [5.41, 5.74) is 7.42. The molecule has 0 unspecified atom stereocenters. The lowest BCUT2D eigenvalue weighted by atomic mass is 10.1. The van der Waals surface area contributed by atoms with E-state index in [2.05, 4.69) is 134 Å². The first kappa shape index (κ1) is 35.1. The van der Waals surface area contributed by atoms with Gasteiger partial charge in [-0.2, -0.15) is 0 Å². The summed E-state index contributed by atoms with van der Waals surface area (Å²) < 4.78 is 31.0. The molecule has 41 heavy (non-hydrogen) atoms. The van der Waals surface area contributed by atoms with Crippen LogP contribution in [0.1, 0.15) is 68.5 Å². The maximum absolute atomic E-state index is 7.27. The van der Waals surface area contributed by atoms with Gasteiger partial charge in [0, 0.05) is 22.6 Å². The van der Waals surface area contributed by atoms with Gasteiger partial charge in [0.15, 0.2) is 52.0 Å². The number of imidazole rings is 1. The SMILES string of the molecule is CC(C)(C)[Si](C)(C)OC[C@H]1O[C@@H](n2c(I)nc3c(N)ncnc32)[C@H](O[Si](C)(C)C(C)(C)C)[C@@H]1O[Si](C)(C)C(C)(C)C. The number of fused-ring (bicyclic) bond motifs is 1. The third-order valence-electron chi connectivity index (χ3n) is 9.89. The molecule has 3 heterocycles. The summed E-state index contributed by atoms with van der Waals surface area (Å²) in [6.07, 6.45) is -0.0809. The summed E-state index contributed by atoms with van der Waals surface area (Å²) in [5.74, 6) is 0.346. The van der Waals surface area contributed by atoms with Gasteiger partial charge in [0.1, 0.15) is 24.6 Å². The molecule has 9 nitrogen and oxygen atoms in total. The van der Waals surface area contributed by atoms with E-state index >= 15 is 0 Å². The van der Waals surface area contributed by atoms with Crippen LogP contribution in [0.3, 0.4) is 0 Å². The molecule has 0 radical (unpaired) electrons. The van der Waals surface area contributed by atoms with Gasteiger partial charge in [0.25, 0.3) is 0 Å². The molecule has 0 saturated carbocycles. The van der Waals surface area contributed by atoms with Crippen LogP contribution >= 0.6 is 22.6 Å². The summed E-state index contributed by atoms with van der Waals surface area (Å²) in [5, 5.41) is 0.0724. The Morgan fingerprint density at radius 1 is 0.829 bits per heavy atom. The number of nitrogens with zero attached hydrogens (tertiary/aromatic N) is 4. The molecule has 1 aliphatic rings. The minimum absolute atomic E-state index is 0.00837. The predicted molar refractivity (Wildman–Crippen MR) is 184 cm³/mol. The number of halogens is 1. The molecular formula is C28H54IN5O4Si3. The van der Waals surface area contributed by atoms with Crippen molar-refractivity contribution in [1.29, 1.82) is 0 Å². The van der Waals surface area contributed by atoms with Crippen molar-refractivity contribution >= 4 is 64.5 Å². The van der Waals surface area contributed by atoms with E-state index in [1.165, 1.54) is 6.33 Å². The lowest BCUT2D eigenvalue weighted by molar-refractivity contribution is -0.0482. The maximum atomic E-state index is 7.27. The van der Waals surface area contributed by atoms with Gasteiger partial charge in [-0.25, -0.2) is 15.0 Å². The van der Waals surface area contributed by atoms with Gasteiger partial charge >= 0.3 is 0 Å². The molecule has 2 aromatic heterocycles. The van der Waals surface area contributed by atoms with Crippen molar-refractivity contribution in [1.82, 2.24) is 19.5 Å². The molecule has 0 aliphatic carbocycles. The fourth-order valence-electron chi connectivity index (χ4n) is 3.98. The van der Waals surface area contributed by atoms with Crippen LogP contribution in [0.4, 0.5) is 5.82 Å². The van der Waals surface area contributed by atoms with E-state index < -0.39 is 31.2 Å². The quantitative estimate of drug-likeness (QED) is 0.167. The van der Waals surface area contributed by atoms with Gasteiger partial charge in [0.05, 0.1) is 6.61 Å². The van der Waals surface area contributed by atoms with Crippen molar-refractivity contribution in [3.8, 4) is 0 Å². The summed E-state index contributed by atoms with van der Waals surface area (Å²) in [7, 11) is -6.57. The smallest absolute Gasteiger partial charge is 0.192 e. The van der Waals surface area contributed by atoms with E-state index in [9.17, 15) is 0 Å². The van der Waals surface area contributed by atoms with Crippen molar-refractivity contribution in [2.45, 2.75) is 141 Å². The third-order valence-corrected chi connectivity index (χ3v) is 24.1. The molecule has 234 valence electrons.